The molecule has 0 bridgehead atoms. The molecule has 0 saturated heterocycles. The Kier molecular flexibility index (Phi) is 5.69. The third kappa shape index (κ3) is 4.12. The number of benzene rings is 2. The fourth-order valence-electron chi connectivity index (χ4n) is 4.59. The molecule has 1 aliphatic rings. The number of anilines is 1. The minimum Gasteiger partial charge on any atom is -0.352 e. The van der Waals surface area contributed by atoms with E-state index in [-0.39, 0.29) is 17.1 Å². The molecule has 6 rings (SSSR count). The number of fused-ring (bicyclic) bond motifs is 1. The average Bonchev–Trinajstić information content (AvgIpc) is 3.28. The van der Waals surface area contributed by atoms with Gasteiger partial charge in [-0.3, -0.25) is 4.68 Å². The summed E-state index contributed by atoms with van der Waals surface area (Å²) in [5.74, 6) is -0.442. The van der Waals surface area contributed by atoms with E-state index in [2.05, 4.69) is 30.9 Å². The predicted molar refractivity (Wildman–Crippen MR) is 137 cm³/mol. The Hall–Kier alpha value is -3.76. The maximum absolute atomic E-state index is 14.9. The summed E-state index contributed by atoms with van der Waals surface area (Å²) in [5.41, 5.74) is 2.98. The Morgan fingerprint density at radius 2 is 2.00 bits per heavy atom. The average molecular weight is 504 g/mol. The Labute approximate surface area is 210 Å². The standard InChI is InChI=1S/C26H23F2N7S/c1-29-26(7-8-26)20-6-5-17(27)14-19(20)18-4-2-3-16-13-22(36-24(16)18)23-21(28)15-31-25(33-23)30-9-11-35-12-10-32-34-35/h2-6,10,12-15,29H,7-9,11H2,1H3,(H,30,31,33). The number of hydrogen-bond acceptors (Lipinski definition) is 7. The van der Waals surface area contributed by atoms with Crippen molar-refractivity contribution in [3.05, 3.63) is 78.3 Å². The molecule has 10 heteroatoms. The third-order valence-corrected chi connectivity index (χ3v) is 7.82. The normalized spacial score (nSPS) is 14.3. The Bertz CT molecular complexity index is 1540. The molecule has 36 heavy (non-hydrogen) atoms. The first-order chi connectivity index (χ1) is 17.6. The van der Waals surface area contributed by atoms with Gasteiger partial charge >= 0.3 is 0 Å². The lowest BCUT2D eigenvalue weighted by molar-refractivity contribution is 0.581. The zero-order chi connectivity index (χ0) is 24.7. The summed E-state index contributed by atoms with van der Waals surface area (Å²) < 4.78 is 31.9. The van der Waals surface area contributed by atoms with Gasteiger partial charge in [-0.05, 0) is 60.2 Å². The molecule has 0 amide bonds. The lowest BCUT2D eigenvalue weighted by atomic mass is 9.92. The van der Waals surface area contributed by atoms with Crippen molar-refractivity contribution >= 4 is 27.4 Å². The quantitative estimate of drug-likeness (QED) is 0.302. The highest BCUT2D eigenvalue weighted by Gasteiger charge is 2.44. The van der Waals surface area contributed by atoms with Gasteiger partial charge in [0.05, 0.1) is 23.8 Å². The minimum absolute atomic E-state index is 0.128. The maximum Gasteiger partial charge on any atom is 0.223 e. The van der Waals surface area contributed by atoms with Gasteiger partial charge in [-0.1, -0.05) is 29.5 Å². The van der Waals surface area contributed by atoms with E-state index >= 15 is 0 Å². The van der Waals surface area contributed by atoms with Gasteiger partial charge in [0.2, 0.25) is 5.95 Å². The van der Waals surface area contributed by atoms with Crippen molar-refractivity contribution in [1.29, 1.82) is 0 Å². The Balaban J connectivity index is 1.37. The van der Waals surface area contributed by atoms with Gasteiger partial charge in [-0.2, -0.15) is 0 Å². The molecule has 3 heterocycles. The van der Waals surface area contributed by atoms with E-state index in [1.807, 2.05) is 37.4 Å². The van der Waals surface area contributed by atoms with E-state index in [0.717, 1.165) is 39.6 Å². The molecule has 2 N–H and O–H groups in total. The van der Waals surface area contributed by atoms with Gasteiger partial charge in [-0.15, -0.1) is 16.4 Å². The molecule has 182 valence electrons. The molecule has 7 nitrogen and oxygen atoms in total. The highest BCUT2D eigenvalue weighted by molar-refractivity contribution is 7.22. The molecule has 0 spiro atoms. The van der Waals surface area contributed by atoms with Crippen LogP contribution in [0.5, 0.6) is 0 Å². The summed E-state index contributed by atoms with van der Waals surface area (Å²) in [7, 11) is 1.94. The van der Waals surface area contributed by atoms with Gasteiger partial charge in [0.1, 0.15) is 11.5 Å². The molecule has 1 aliphatic carbocycles. The summed E-state index contributed by atoms with van der Waals surface area (Å²) in [4.78, 5) is 9.22. The SMILES string of the molecule is CNC1(c2ccc(F)cc2-c2cccc3cc(-c4nc(NCCn5ccnn5)ncc4F)sc23)CC1. The van der Waals surface area contributed by atoms with Crippen LogP contribution in [0.15, 0.2) is 61.1 Å². The lowest BCUT2D eigenvalue weighted by Gasteiger charge is -2.20. The Morgan fingerprint density at radius 1 is 1.11 bits per heavy atom. The summed E-state index contributed by atoms with van der Waals surface area (Å²) in [6, 6.07) is 12.9. The summed E-state index contributed by atoms with van der Waals surface area (Å²) >= 11 is 1.45. The number of halogens is 2. The Morgan fingerprint density at radius 3 is 2.78 bits per heavy atom. The number of rotatable bonds is 8. The molecule has 1 saturated carbocycles. The third-order valence-electron chi connectivity index (χ3n) is 6.63. The highest BCUT2D eigenvalue weighted by atomic mass is 32.1. The molecule has 0 unspecified atom stereocenters. The molecule has 0 atom stereocenters. The summed E-state index contributed by atoms with van der Waals surface area (Å²) in [6.07, 6.45) is 6.57. The number of aromatic nitrogens is 5. The second kappa shape index (κ2) is 9.03. The van der Waals surface area contributed by atoms with Crippen LogP contribution in [0.25, 0.3) is 31.8 Å². The first kappa shape index (κ1) is 22.7. The van der Waals surface area contributed by atoms with Gasteiger partial charge in [0.25, 0.3) is 0 Å². The largest absolute Gasteiger partial charge is 0.352 e. The lowest BCUT2D eigenvalue weighted by Crippen LogP contribution is -2.25. The van der Waals surface area contributed by atoms with Crippen LogP contribution in [0.1, 0.15) is 18.4 Å². The zero-order valence-corrected chi connectivity index (χ0v) is 20.3. The zero-order valence-electron chi connectivity index (χ0n) is 19.5. The fourth-order valence-corrected chi connectivity index (χ4v) is 5.77. The van der Waals surface area contributed by atoms with Crippen molar-refractivity contribution in [2.75, 3.05) is 18.9 Å². The number of thiophene rings is 1. The minimum atomic E-state index is -0.497. The van der Waals surface area contributed by atoms with E-state index in [1.54, 1.807) is 23.1 Å². The van der Waals surface area contributed by atoms with E-state index in [1.165, 1.54) is 23.6 Å². The van der Waals surface area contributed by atoms with Crippen LogP contribution in [0.4, 0.5) is 14.7 Å². The smallest absolute Gasteiger partial charge is 0.223 e. The van der Waals surface area contributed by atoms with E-state index in [0.29, 0.717) is 23.9 Å². The molecule has 0 aliphatic heterocycles. The van der Waals surface area contributed by atoms with Gasteiger partial charge in [0.15, 0.2) is 5.82 Å². The van der Waals surface area contributed by atoms with Crippen LogP contribution in [0.3, 0.4) is 0 Å². The van der Waals surface area contributed by atoms with Crippen LogP contribution in [0, 0.1) is 11.6 Å². The van der Waals surface area contributed by atoms with E-state index < -0.39 is 5.82 Å². The van der Waals surface area contributed by atoms with Gasteiger partial charge < -0.3 is 10.6 Å². The molecular formula is C26H23F2N7S. The van der Waals surface area contributed by atoms with Gasteiger partial charge in [0, 0.05) is 23.0 Å². The summed E-state index contributed by atoms with van der Waals surface area (Å²) in [5, 5.41) is 15.2. The number of nitrogens with one attached hydrogen (secondary N) is 2. The van der Waals surface area contributed by atoms with Crippen LogP contribution in [-0.2, 0) is 12.1 Å². The van der Waals surface area contributed by atoms with E-state index in [9.17, 15) is 8.78 Å². The topological polar surface area (TPSA) is 80.5 Å². The van der Waals surface area contributed by atoms with Crippen LogP contribution < -0.4 is 10.6 Å². The first-order valence-electron chi connectivity index (χ1n) is 11.7. The van der Waals surface area contributed by atoms with Crippen molar-refractivity contribution in [2.45, 2.75) is 24.9 Å². The molecule has 3 aromatic heterocycles. The number of hydrogen-bond donors (Lipinski definition) is 2. The predicted octanol–water partition coefficient (Wildman–Crippen LogP) is 5.22. The second-order valence-corrected chi connectivity index (χ2v) is 9.89. The van der Waals surface area contributed by atoms with Crippen molar-refractivity contribution in [1.82, 2.24) is 30.3 Å². The number of nitrogens with zero attached hydrogens (tertiary/aromatic N) is 5. The molecule has 0 radical (unpaired) electrons. The van der Waals surface area contributed by atoms with Crippen LogP contribution in [0.2, 0.25) is 0 Å². The van der Waals surface area contributed by atoms with Crippen molar-refractivity contribution in [3.8, 4) is 21.7 Å². The molecule has 1 fully saturated rings. The molecular weight excluding hydrogens is 480 g/mol. The first-order valence-corrected chi connectivity index (χ1v) is 12.5. The van der Waals surface area contributed by atoms with Crippen molar-refractivity contribution < 1.29 is 8.78 Å². The van der Waals surface area contributed by atoms with Crippen molar-refractivity contribution in [2.24, 2.45) is 0 Å². The summed E-state index contributed by atoms with van der Waals surface area (Å²) in [6.45, 7) is 1.09. The van der Waals surface area contributed by atoms with Crippen LogP contribution in [-0.4, -0.2) is 38.6 Å². The van der Waals surface area contributed by atoms with Crippen LogP contribution >= 0.6 is 11.3 Å². The van der Waals surface area contributed by atoms with Crippen molar-refractivity contribution in [3.63, 3.8) is 0 Å². The second-order valence-electron chi connectivity index (χ2n) is 8.84. The monoisotopic (exact) mass is 503 g/mol. The fraction of sp³-hybridized carbons (Fsp3) is 0.231. The highest BCUT2D eigenvalue weighted by Crippen LogP contribution is 2.50. The van der Waals surface area contributed by atoms with Gasteiger partial charge in [-0.25, -0.2) is 18.7 Å². The maximum atomic E-state index is 14.9. The van der Waals surface area contributed by atoms with E-state index in [4.69, 9.17) is 0 Å². The molecule has 2 aromatic carbocycles. The molecule has 5 aromatic rings.